The third kappa shape index (κ3) is 7.04. The van der Waals surface area contributed by atoms with E-state index in [9.17, 15) is 14.4 Å². The summed E-state index contributed by atoms with van der Waals surface area (Å²) in [5.41, 5.74) is 0.978. The zero-order valence-corrected chi connectivity index (χ0v) is 21.4. The van der Waals surface area contributed by atoms with Gasteiger partial charge in [-0.15, -0.1) is 0 Å². The molecule has 0 bridgehead atoms. The van der Waals surface area contributed by atoms with E-state index >= 15 is 0 Å². The third-order valence-corrected chi connectivity index (χ3v) is 6.17. The molecule has 0 saturated heterocycles. The first-order chi connectivity index (χ1) is 17.2. The Bertz CT molecular complexity index is 1070. The van der Waals surface area contributed by atoms with Crippen molar-refractivity contribution in [1.82, 2.24) is 10.3 Å². The van der Waals surface area contributed by atoms with Gasteiger partial charge in [-0.1, -0.05) is 29.8 Å². The zero-order chi connectivity index (χ0) is 26.3. The summed E-state index contributed by atoms with van der Waals surface area (Å²) in [6.45, 7) is 6.43. The molecule has 1 fully saturated rings. The number of aromatic nitrogens is 1. The van der Waals surface area contributed by atoms with E-state index in [1.165, 1.54) is 37.4 Å². The third-order valence-electron chi connectivity index (χ3n) is 6.17. The number of esters is 1. The van der Waals surface area contributed by atoms with E-state index in [1.807, 2.05) is 6.92 Å². The van der Waals surface area contributed by atoms with E-state index in [0.29, 0.717) is 12.2 Å². The Morgan fingerprint density at radius 1 is 1.22 bits per heavy atom. The number of carbonyl (C=O) groups is 3. The molecule has 0 aliphatic heterocycles. The molecule has 0 radical (unpaired) electrons. The first kappa shape index (κ1) is 27.1. The fraction of sp³-hybridized carbons (Fsp3) is 0.481. The summed E-state index contributed by atoms with van der Waals surface area (Å²) in [5, 5.41) is 2.70. The predicted octanol–water partition coefficient (Wildman–Crippen LogP) is 3.58. The summed E-state index contributed by atoms with van der Waals surface area (Å²) in [6.07, 6.45) is 4.16. The quantitative estimate of drug-likeness (QED) is 0.253. The number of aryl methyl sites for hydroxylation is 1. The van der Waals surface area contributed by atoms with E-state index in [0.717, 1.165) is 12.8 Å². The van der Waals surface area contributed by atoms with Crippen LogP contribution in [0.4, 0.5) is 0 Å². The highest BCUT2D eigenvalue weighted by Gasteiger charge is 2.38. The number of hydrogen-bond acceptors (Lipinski definition) is 8. The molecule has 3 rings (SSSR count). The lowest BCUT2D eigenvalue weighted by Crippen LogP contribution is -2.52. The van der Waals surface area contributed by atoms with Crippen molar-refractivity contribution in [3.8, 4) is 11.5 Å². The Morgan fingerprint density at radius 3 is 2.50 bits per heavy atom. The van der Waals surface area contributed by atoms with E-state index in [1.54, 1.807) is 6.92 Å². The number of amides is 1. The second-order valence-electron chi connectivity index (χ2n) is 9.37. The minimum atomic E-state index is -1.31. The molecular formula is C27H34N2O7. The molecule has 1 aromatic heterocycles. The largest absolute Gasteiger partial charge is 0.493 e. The average Bonchev–Trinajstić information content (AvgIpc) is 3.69. The van der Waals surface area contributed by atoms with Crippen LogP contribution in [0.3, 0.4) is 0 Å². The van der Waals surface area contributed by atoms with Gasteiger partial charge in [0.1, 0.15) is 11.8 Å². The van der Waals surface area contributed by atoms with Gasteiger partial charge in [0.05, 0.1) is 19.8 Å². The summed E-state index contributed by atoms with van der Waals surface area (Å²) in [6, 6.07) is 9.95. The Hall–Kier alpha value is -3.46. The minimum Gasteiger partial charge on any atom is -0.493 e. The first-order valence-corrected chi connectivity index (χ1v) is 11.9. The number of aldehydes is 1. The number of carbonyl (C=O) groups excluding carboxylic acids is 3. The van der Waals surface area contributed by atoms with Crippen LogP contribution in [0, 0.1) is 12.8 Å². The monoisotopic (exact) mass is 498 g/mol. The van der Waals surface area contributed by atoms with Gasteiger partial charge >= 0.3 is 5.97 Å². The SMILES string of the molecule is COc1ccnc(C(=O)N[C@](C)(C=O)CO[C@@H](C)[C@H](c2ccc(C)cc2)C2CC2)c1OCOC(C)=O. The van der Waals surface area contributed by atoms with Crippen LogP contribution < -0.4 is 14.8 Å². The van der Waals surface area contributed by atoms with Crippen molar-refractivity contribution in [2.75, 3.05) is 20.5 Å². The Morgan fingerprint density at radius 2 is 1.92 bits per heavy atom. The van der Waals surface area contributed by atoms with Crippen molar-refractivity contribution in [2.24, 2.45) is 5.92 Å². The van der Waals surface area contributed by atoms with Crippen molar-refractivity contribution in [2.45, 2.75) is 58.1 Å². The minimum absolute atomic E-state index is 0.00514. The maximum atomic E-state index is 13.1. The van der Waals surface area contributed by atoms with E-state index in [-0.39, 0.29) is 35.8 Å². The topological polar surface area (TPSA) is 113 Å². The molecule has 0 unspecified atom stereocenters. The molecule has 9 nitrogen and oxygen atoms in total. The smallest absolute Gasteiger partial charge is 0.305 e. The number of benzene rings is 1. The van der Waals surface area contributed by atoms with Gasteiger partial charge in [-0.2, -0.15) is 0 Å². The summed E-state index contributed by atoms with van der Waals surface area (Å²) in [4.78, 5) is 40.3. The van der Waals surface area contributed by atoms with Gasteiger partial charge < -0.3 is 29.1 Å². The molecule has 1 aromatic carbocycles. The molecule has 1 saturated carbocycles. The number of rotatable bonds is 13. The van der Waals surface area contributed by atoms with Gasteiger partial charge in [0, 0.05) is 25.1 Å². The van der Waals surface area contributed by atoms with Crippen LogP contribution in [0.1, 0.15) is 61.1 Å². The van der Waals surface area contributed by atoms with Crippen molar-refractivity contribution in [3.63, 3.8) is 0 Å². The summed E-state index contributed by atoms with van der Waals surface area (Å²) >= 11 is 0. The fourth-order valence-corrected chi connectivity index (χ4v) is 4.06. The van der Waals surface area contributed by atoms with Crippen LogP contribution in [0.2, 0.25) is 0 Å². The summed E-state index contributed by atoms with van der Waals surface area (Å²) < 4.78 is 21.7. The van der Waals surface area contributed by atoms with Crippen LogP contribution in [0.5, 0.6) is 11.5 Å². The second-order valence-corrected chi connectivity index (χ2v) is 9.37. The fourth-order valence-electron chi connectivity index (χ4n) is 4.06. The normalized spacial score (nSPS) is 16.2. The lowest BCUT2D eigenvalue weighted by atomic mass is 9.89. The van der Waals surface area contributed by atoms with E-state index < -0.39 is 24.2 Å². The molecule has 9 heteroatoms. The average molecular weight is 499 g/mol. The molecule has 1 N–H and O–H groups in total. The maximum absolute atomic E-state index is 13.1. The Labute approximate surface area is 211 Å². The van der Waals surface area contributed by atoms with Crippen molar-refractivity contribution in [1.29, 1.82) is 0 Å². The molecule has 1 heterocycles. The van der Waals surface area contributed by atoms with Gasteiger partial charge in [-0.25, -0.2) is 4.98 Å². The van der Waals surface area contributed by atoms with Crippen LogP contribution in [0.15, 0.2) is 36.5 Å². The Kier molecular flexibility index (Phi) is 9.03. The molecule has 1 aliphatic rings. The Balaban J connectivity index is 1.71. The van der Waals surface area contributed by atoms with Gasteiger partial charge in [0.25, 0.3) is 5.91 Å². The van der Waals surface area contributed by atoms with Gasteiger partial charge in [-0.3, -0.25) is 9.59 Å². The van der Waals surface area contributed by atoms with Gasteiger partial charge in [-0.05, 0) is 45.1 Å². The van der Waals surface area contributed by atoms with Gasteiger partial charge in [0.2, 0.25) is 6.79 Å². The molecule has 3 atom stereocenters. The number of nitrogens with one attached hydrogen (secondary N) is 1. The first-order valence-electron chi connectivity index (χ1n) is 11.9. The highest BCUT2D eigenvalue weighted by atomic mass is 16.7. The van der Waals surface area contributed by atoms with Crippen molar-refractivity contribution < 1.29 is 33.3 Å². The lowest BCUT2D eigenvalue weighted by molar-refractivity contribution is -0.147. The molecule has 36 heavy (non-hydrogen) atoms. The number of hydrogen-bond donors (Lipinski definition) is 1. The zero-order valence-electron chi connectivity index (χ0n) is 21.4. The van der Waals surface area contributed by atoms with Crippen molar-refractivity contribution >= 4 is 18.2 Å². The lowest BCUT2D eigenvalue weighted by Gasteiger charge is -2.30. The van der Waals surface area contributed by atoms with Crippen LogP contribution in [-0.4, -0.2) is 55.3 Å². The molecule has 0 spiro atoms. The second kappa shape index (κ2) is 12.0. The molecule has 2 aromatic rings. The standard InChI is InChI=1S/C27H34N2O7/c1-17-6-8-20(9-7-17)23(21-10-11-21)18(2)34-15-27(4,14-30)29-26(32)24-25(36-16-35-19(3)31)22(33-5)12-13-28-24/h6-9,12-14,18,21,23H,10-11,15-16H2,1-5H3,(H,29,32)/t18-,23+,27+/m0/s1. The number of methoxy groups -OCH3 is 1. The van der Waals surface area contributed by atoms with E-state index in [4.69, 9.17) is 18.9 Å². The predicted molar refractivity (Wildman–Crippen MR) is 132 cm³/mol. The summed E-state index contributed by atoms with van der Waals surface area (Å²) in [7, 11) is 1.41. The summed E-state index contributed by atoms with van der Waals surface area (Å²) in [5.74, 6) is -0.232. The maximum Gasteiger partial charge on any atom is 0.305 e. The van der Waals surface area contributed by atoms with Crippen molar-refractivity contribution in [3.05, 3.63) is 53.3 Å². The van der Waals surface area contributed by atoms with Crippen LogP contribution in [0.25, 0.3) is 0 Å². The van der Waals surface area contributed by atoms with Crippen LogP contribution in [-0.2, 0) is 19.1 Å². The number of pyridine rings is 1. The van der Waals surface area contributed by atoms with E-state index in [2.05, 4.69) is 41.5 Å². The van der Waals surface area contributed by atoms with Gasteiger partial charge in [0.15, 0.2) is 17.2 Å². The highest BCUT2D eigenvalue weighted by Crippen LogP contribution is 2.45. The van der Waals surface area contributed by atoms with Crippen LogP contribution >= 0.6 is 0 Å². The molecule has 194 valence electrons. The molecule has 1 amide bonds. The number of nitrogens with zero attached hydrogens (tertiary/aromatic N) is 1. The highest BCUT2D eigenvalue weighted by molar-refractivity contribution is 5.97. The molecule has 1 aliphatic carbocycles. The molecular weight excluding hydrogens is 464 g/mol. The number of ether oxygens (including phenoxy) is 4.